The standard InChI is InChI=1S/C21H19F2N5O/c22-16-4-3-5-17(23)20(16)27-19-13-24-18(12-25-19)21(29)26-14-6-8-15(9-7-14)28-10-1-2-11-28/h3-9,12-13H,1-2,10-11H2,(H,25,27)(H,26,29). The minimum absolute atomic E-state index is 0.0909. The third-order valence-corrected chi connectivity index (χ3v) is 4.70. The van der Waals surface area contributed by atoms with Crippen LogP contribution in [0.1, 0.15) is 23.3 Å². The molecule has 8 heteroatoms. The number of anilines is 4. The monoisotopic (exact) mass is 395 g/mol. The number of hydrogen-bond donors (Lipinski definition) is 2. The molecule has 0 aliphatic carbocycles. The van der Waals surface area contributed by atoms with Crippen molar-refractivity contribution >= 4 is 28.8 Å². The molecule has 6 nitrogen and oxygen atoms in total. The predicted octanol–water partition coefficient (Wildman–Crippen LogP) is 4.35. The smallest absolute Gasteiger partial charge is 0.275 e. The highest BCUT2D eigenvalue weighted by Crippen LogP contribution is 2.23. The molecule has 1 aromatic heterocycles. The van der Waals surface area contributed by atoms with E-state index in [1.165, 1.54) is 31.3 Å². The van der Waals surface area contributed by atoms with E-state index in [0.717, 1.165) is 30.9 Å². The van der Waals surface area contributed by atoms with Crippen molar-refractivity contribution in [3.63, 3.8) is 0 Å². The van der Waals surface area contributed by atoms with Gasteiger partial charge in [0.25, 0.3) is 5.91 Å². The van der Waals surface area contributed by atoms with Gasteiger partial charge in [-0.2, -0.15) is 0 Å². The molecule has 1 aliphatic heterocycles. The fourth-order valence-electron chi connectivity index (χ4n) is 3.18. The van der Waals surface area contributed by atoms with E-state index in [2.05, 4.69) is 25.5 Å². The maximum absolute atomic E-state index is 13.7. The van der Waals surface area contributed by atoms with Gasteiger partial charge < -0.3 is 15.5 Å². The Morgan fingerprint density at radius 2 is 1.62 bits per heavy atom. The van der Waals surface area contributed by atoms with E-state index in [1.807, 2.05) is 24.3 Å². The lowest BCUT2D eigenvalue weighted by atomic mass is 10.2. The summed E-state index contributed by atoms with van der Waals surface area (Å²) >= 11 is 0. The first kappa shape index (κ1) is 18.8. The number of aromatic nitrogens is 2. The van der Waals surface area contributed by atoms with Gasteiger partial charge in [-0.05, 0) is 49.2 Å². The van der Waals surface area contributed by atoms with Crippen LogP contribution < -0.4 is 15.5 Å². The molecule has 0 bridgehead atoms. The second-order valence-corrected chi connectivity index (χ2v) is 6.70. The van der Waals surface area contributed by atoms with E-state index in [1.54, 1.807) is 0 Å². The molecule has 29 heavy (non-hydrogen) atoms. The quantitative estimate of drug-likeness (QED) is 0.672. The van der Waals surface area contributed by atoms with Crippen LogP contribution in [-0.4, -0.2) is 29.0 Å². The normalized spacial score (nSPS) is 13.4. The molecule has 1 fully saturated rings. The van der Waals surface area contributed by atoms with Gasteiger partial charge in [0, 0.05) is 24.5 Å². The van der Waals surface area contributed by atoms with Crippen LogP contribution in [0.15, 0.2) is 54.9 Å². The number of benzene rings is 2. The zero-order valence-electron chi connectivity index (χ0n) is 15.5. The zero-order chi connectivity index (χ0) is 20.2. The molecule has 2 N–H and O–H groups in total. The summed E-state index contributed by atoms with van der Waals surface area (Å²) in [4.78, 5) is 22.7. The molecule has 0 atom stereocenters. The zero-order valence-corrected chi connectivity index (χ0v) is 15.5. The van der Waals surface area contributed by atoms with E-state index >= 15 is 0 Å². The molecular formula is C21H19F2N5O. The first-order chi connectivity index (χ1) is 14.1. The molecule has 0 radical (unpaired) electrons. The highest BCUT2D eigenvalue weighted by Gasteiger charge is 2.14. The largest absolute Gasteiger partial charge is 0.372 e. The summed E-state index contributed by atoms with van der Waals surface area (Å²) in [6.07, 6.45) is 4.89. The predicted molar refractivity (Wildman–Crippen MR) is 108 cm³/mol. The fourth-order valence-corrected chi connectivity index (χ4v) is 3.18. The average Bonchev–Trinajstić information content (AvgIpc) is 3.27. The Kier molecular flexibility index (Phi) is 5.33. The van der Waals surface area contributed by atoms with Gasteiger partial charge in [0.05, 0.1) is 12.4 Å². The number of hydrogen-bond acceptors (Lipinski definition) is 5. The third-order valence-electron chi connectivity index (χ3n) is 4.70. The molecule has 1 amide bonds. The van der Waals surface area contributed by atoms with E-state index in [9.17, 15) is 13.6 Å². The van der Waals surface area contributed by atoms with Crippen molar-refractivity contribution in [2.24, 2.45) is 0 Å². The van der Waals surface area contributed by atoms with Crippen LogP contribution in [0.4, 0.5) is 31.7 Å². The van der Waals surface area contributed by atoms with E-state index < -0.39 is 17.5 Å². The number of halogens is 2. The van der Waals surface area contributed by atoms with Crippen LogP contribution in [0.25, 0.3) is 0 Å². The Hall–Kier alpha value is -3.55. The van der Waals surface area contributed by atoms with Gasteiger partial charge in [0.1, 0.15) is 28.8 Å². The van der Waals surface area contributed by atoms with Crippen LogP contribution in [0.5, 0.6) is 0 Å². The minimum Gasteiger partial charge on any atom is -0.372 e. The number of para-hydroxylation sites is 1. The van der Waals surface area contributed by atoms with Crippen molar-refractivity contribution in [1.82, 2.24) is 9.97 Å². The van der Waals surface area contributed by atoms with Crippen molar-refractivity contribution in [3.8, 4) is 0 Å². The fraction of sp³-hybridized carbons (Fsp3) is 0.190. The maximum Gasteiger partial charge on any atom is 0.275 e. The van der Waals surface area contributed by atoms with Crippen molar-refractivity contribution in [2.75, 3.05) is 28.6 Å². The Morgan fingerprint density at radius 1 is 0.931 bits per heavy atom. The lowest BCUT2D eigenvalue weighted by Crippen LogP contribution is -2.18. The van der Waals surface area contributed by atoms with Crippen LogP contribution >= 0.6 is 0 Å². The molecule has 4 rings (SSSR count). The Morgan fingerprint density at radius 3 is 2.24 bits per heavy atom. The van der Waals surface area contributed by atoms with Gasteiger partial charge in [0.15, 0.2) is 0 Å². The summed E-state index contributed by atoms with van der Waals surface area (Å²) in [6, 6.07) is 11.2. The summed E-state index contributed by atoms with van der Waals surface area (Å²) in [7, 11) is 0. The molecule has 0 unspecified atom stereocenters. The van der Waals surface area contributed by atoms with Gasteiger partial charge in [-0.3, -0.25) is 4.79 Å². The van der Waals surface area contributed by atoms with Gasteiger partial charge in [-0.25, -0.2) is 18.7 Å². The Labute approximate surface area is 166 Å². The summed E-state index contributed by atoms with van der Waals surface area (Å²) in [5, 5.41) is 5.29. The van der Waals surface area contributed by atoms with Gasteiger partial charge >= 0.3 is 0 Å². The number of nitrogens with one attached hydrogen (secondary N) is 2. The lowest BCUT2D eigenvalue weighted by molar-refractivity contribution is 0.102. The molecule has 3 aromatic rings. The lowest BCUT2D eigenvalue weighted by Gasteiger charge is -2.17. The van der Waals surface area contributed by atoms with Crippen LogP contribution in [-0.2, 0) is 0 Å². The van der Waals surface area contributed by atoms with Crippen LogP contribution in [0.3, 0.4) is 0 Å². The molecule has 0 spiro atoms. The minimum atomic E-state index is -0.744. The second kappa shape index (κ2) is 8.22. The molecule has 148 valence electrons. The molecule has 2 aromatic carbocycles. The molecule has 1 aliphatic rings. The number of carbonyl (C=O) groups excluding carboxylic acids is 1. The average molecular weight is 395 g/mol. The number of amides is 1. The third kappa shape index (κ3) is 4.31. The summed E-state index contributed by atoms with van der Waals surface area (Å²) in [5.74, 6) is -1.78. The van der Waals surface area contributed by atoms with Crippen molar-refractivity contribution in [1.29, 1.82) is 0 Å². The molecule has 0 saturated carbocycles. The van der Waals surface area contributed by atoms with E-state index in [4.69, 9.17) is 0 Å². The highest BCUT2D eigenvalue weighted by atomic mass is 19.1. The van der Waals surface area contributed by atoms with E-state index in [0.29, 0.717) is 5.69 Å². The van der Waals surface area contributed by atoms with Gasteiger partial charge in [0.2, 0.25) is 0 Å². The van der Waals surface area contributed by atoms with Crippen LogP contribution in [0.2, 0.25) is 0 Å². The summed E-state index contributed by atoms with van der Waals surface area (Å²) < 4.78 is 27.4. The van der Waals surface area contributed by atoms with Crippen LogP contribution in [0, 0.1) is 11.6 Å². The first-order valence-electron chi connectivity index (χ1n) is 9.29. The number of carbonyl (C=O) groups is 1. The first-order valence-corrected chi connectivity index (χ1v) is 9.29. The van der Waals surface area contributed by atoms with Crippen molar-refractivity contribution in [3.05, 3.63) is 72.2 Å². The van der Waals surface area contributed by atoms with Crippen molar-refractivity contribution < 1.29 is 13.6 Å². The van der Waals surface area contributed by atoms with Gasteiger partial charge in [-0.15, -0.1) is 0 Å². The maximum atomic E-state index is 13.7. The topological polar surface area (TPSA) is 70.2 Å². The van der Waals surface area contributed by atoms with Crippen molar-refractivity contribution in [2.45, 2.75) is 12.8 Å². The SMILES string of the molecule is O=C(Nc1ccc(N2CCCC2)cc1)c1cnc(Nc2c(F)cccc2F)cn1. The number of rotatable bonds is 5. The summed E-state index contributed by atoms with van der Waals surface area (Å²) in [6.45, 7) is 2.11. The van der Waals surface area contributed by atoms with Gasteiger partial charge in [-0.1, -0.05) is 6.07 Å². The number of nitrogens with zero attached hydrogens (tertiary/aromatic N) is 3. The highest BCUT2D eigenvalue weighted by molar-refractivity contribution is 6.02. The van der Waals surface area contributed by atoms with E-state index in [-0.39, 0.29) is 17.2 Å². The Balaban J connectivity index is 1.40. The molecule has 1 saturated heterocycles. The summed E-state index contributed by atoms with van der Waals surface area (Å²) in [5.41, 5.74) is 1.55. The molecule has 2 heterocycles. The molecular weight excluding hydrogens is 376 g/mol. The second-order valence-electron chi connectivity index (χ2n) is 6.70. The Bertz CT molecular complexity index is 982.